The minimum atomic E-state index is 0.167. The average molecular weight is 278 g/mol. The number of nitrogens with zero attached hydrogens (tertiary/aromatic N) is 2. The van der Waals surface area contributed by atoms with Gasteiger partial charge < -0.3 is 15.4 Å². The number of nitrogens with one attached hydrogen (secondary N) is 2. The van der Waals surface area contributed by atoms with E-state index in [1.807, 2.05) is 6.92 Å². The van der Waals surface area contributed by atoms with Crippen LogP contribution in [0, 0.1) is 6.92 Å². The third kappa shape index (κ3) is 3.82. The first-order chi connectivity index (χ1) is 9.65. The van der Waals surface area contributed by atoms with Crippen molar-refractivity contribution >= 4 is 11.6 Å². The van der Waals surface area contributed by atoms with Gasteiger partial charge in [-0.1, -0.05) is 6.92 Å². The Labute approximate surface area is 121 Å². The zero-order valence-corrected chi connectivity index (χ0v) is 13.0. The van der Waals surface area contributed by atoms with Crippen molar-refractivity contribution in [3.63, 3.8) is 0 Å². The molecule has 5 heteroatoms. The quantitative estimate of drug-likeness (QED) is 0.765. The summed E-state index contributed by atoms with van der Waals surface area (Å²) >= 11 is 0. The minimum absolute atomic E-state index is 0.167. The van der Waals surface area contributed by atoms with Crippen LogP contribution in [-0.2, 0) is 4.74 Å². The van der Waals surface area contributed by atoms with Crippen LogP contribution in [0.2, 0.25) is 0 Å². The molecule has 0 aliphatic heterocycles. The Balaban J connectivity index is 2.16. The van der Waals surface area contributed by atoms with Crippen molar-refractivity contribution in [3.8, 4) is 0 Å². The molecular formula is C15H26N4O. The summed E-state index contributed by atoms with van der Waals surface area (Å²) in [6, 6.07) is 0. The fraction of sp³-hybridized carbons (Fsp3) is 0.733. The van der Waals surface area contributed by atoms with Gasteiger partial charge in [0.2, 0.25) is 0 Å². The van der Waals surface area contributed by atoms with Crippen molar-refractivity contribution in [2.45, 2.75) is 52.1 Å². The second-order valence-corrected chi connectivity index (χ2v) is 5.53. The lowest BCUT2D eigenvalue weighted by Gasteiger charge is -2.16. The Morgan fingerprint density at radius 2 is 1.90 bits per heavy atom. The molecule has 20 heavy (non-hydrogen) atoms. The number of methoxy groups -OCH3 is 1. The Morgan fingerprint density at radius 3 is 2.45 bits per heavy atom. The third-order valence-corrected chi connectivity index (χ3v) is 3.61. The van der Waals surface area contributed by atoms with E-state index >= 15 is 0 Å². The molecule has 0 saturated heterocycles. The van der Waals surface area contributed by atoms with Crippen LogP contribution in [-0.4, -0.2) is 36.3 Å². The van der Waals surface area contributed by atoms with Gasteiger partial charge in [-0.25, -0.2) is 9.97 Å². The van der Waals surface area contributed by atoms with Crippen molar-refractivity contribution < 1.29 is 4.74 Å². The summed E-state index contributed by atoms with van der Waals surface area (Å²) in [6.07, 6.45) is 3.68. The van der Waals surface area contributed by atoms with Gasteiger partial charge in [0, 0.05) is 31.7 Å². The summed E-state index contributed by atoms with van der Waals surface area (Å²) in [7, 11) is 1.73. The summed E-state index contributed by atoms with van der Waals surface area (Å²) < 4.78 is 5.28. The number of ether oxygens (including phenoxy) is 1. The van der Waals surface area contributed by atoms with Crippen molar-refractivity contribution in [1.82, 2.24) is 9.97 Å². The normalized spacial score (nSPS) is 16.0. The van der Waals surface area contributed by atoms with E-state index in [-0.39, 0.29) is 6.10 Å². The van der Waals surface area contributed by atoms with Crippen molar-refractivity contribution in [3.05, 3.63) is 11.4 Å². The highest BCUT2D eigenvalue weighted by Crippen LogP contribution is 2.39. The Hall–Kier alpha value is -1.36. The van der Waals surface area contributed by atoms with E-state index in [2.05, 4.69) is 29.5 Å². The van der Waals surface area contributed by atoms with Crippen LogP contribution in [0.1, 0.15) is 50.4 Å². The van der Waals surface area contributed by atoms with Crippen LogP contribution >= 0.6 is 0 Å². The summed E-state index contributed by atoms with van der Waals surface area (Å²) in [5.74, 6) is 3.43. The summed E-state index contributed by atoms with van der Waals surface area (Å²) in [5, 5.41) is 6.79. The maximum absolute atomic E-state index is 5.28. The molecular weight excluding hydrogens is 252 g/mol. The predicted molar refractivity (Wildman–Crippen MR) is 82.5 cm³/mol. The van der Waals surface area contributed by atoms with Gasteiger partial charge in [-0.15, -0.1) is 0 Å². The van der Waals surface area contributed by atoms with Gasteiger partial charge in [0.1, 0.15) is 17.5 Å². The second-order valence-electron chi connectivity index (χ2n) is 5.53. The van der Waals surface area contributed by atoms with Crippen molar-refractivity contribution in [2.24, 2.45) is 0 Å². The average Bonchev–Trinajstić information content (AvgIpc) is 3.29. The van der Waals surface area contributed by atoms with Crippen LogP contribution in [0.15, 0.2) is 0 Å². The summed E-state index contributed by atoms with van der Waals surface area (Å²) in [4.78, 5) is 9.38. The van der Waals surface area contributed by atoms with Crippen molar-refractivity contribution in [1.29, 1.82) is 0 Å². The number of rotatable bonds is 8. The third-order valence-electron chi connectivity index (χ3n) is 3.61. The number of hydrogen-bond acceptors (Lipinski definition) is 5. The minimum Gasteiger partial charge on any atom is -0.380 e. The molecule has 1 aliphatic carbocycles. The van der Waals surface area contributed by atoms with Crippen LogP contribution in [0.25, 0.3) is 0 Å². The van der Waals surface area contributed by atoms with Gasteiger partial charge in [-0.2, -0.15) is 0 Å². The molecule has 1 aromatic heterocycles. The van der Waals surface area contributed by atoms with Crippen LogP contribution in [0.4, 0.5) is 11.6 Å². The highest BCUT2D eigenvalue weighted by Gasteiger charge is 2.28. The maximum atomic E-state index is 5.28. The van der Waals surface area contributed by atoms with Crippen molar-refractivity contribution in [2.75, 3.05) is 30.8 Å². The van der Waals surface area contributed by atoms with Crippen LogP contribution in [0.3, 0.4) is 0 Å². The number of anilines is 2. The van der Waals surface area contributed by atoms with Crippen LogP contribution in [0.5, 0.6) is 0 Å². The lowest BCUT2D eigenvalue weighted by Crippen LogP contribution is -2.20. The lowest BCUT2D eigenvalue weighted by atomic mass is 10.2. The van der Waals surface area contributed by atoms with Gasteiger partial charge in [0.15, 0.2) is 0 Å². The van der Waals surface area contributed by atoms with Gasteiger partial charge in [0.05, 0.1) is 6.10 Å². The van der Waals surface area contributed by atoms with Gasteiger partial charge in [0.25, 0.3) is 0 Å². The lowest BCUT2D eigenvalue weighted by molar-refractivity contribution is 0.128. The van der Waals surface area contributed by atoms with E-state index in [1.54, 1.807) is 7.11 Å². The molecule has 1 fully saturated rings. The Morgan fingerprint density at radius 1 is 1.25 bits per heavy atom. The topological polar surface area (TPSA) is 59.1 Å². The Kier molecular flexibility index (Phi) is 5.17. The first-order valence-corrected chi connectivity index (χ1v) is 7.54. The summed E-state index contributed by atoms with van der Waals surface area (Å²) in [6.45, 7) is 7.96. The van der Waals surface area contributed by atoms with Crippen LogP contribution < -0.4 is 10.6 Å². The Bertz CT molecular complexity index is 446. The molecule has 1 aromatic rings. The van der Waals surface area contributed by atoms with Gasteiger partial charge >= 0.3 is 0 Å². The molecule has 112 valence electrons. The molecule has 1 saturated carbocycles. The fourth-order valence-corrected chi connectivity index (χ4v) is 1.97. The highest BCUT2D eigenvalue weighted by molar-refractivity contribution is 5.57. The standard InChI is InChI=1S/C15H26N4O/c1-5-8-16-13-11(3)14(17-9-10(2)20-4)19-15(18-13)12-6-7-12/h10,12H,5-9H2,1-4H3,(H2,16,17,18,19). The summed E-state index contributed by atoms with van der Waals surface area (Å²) in [5.41, 5.74) is 1.09. The number of aromatic nitrogens is 2. The molecule has 0 aromatic carbocycles. The highest BCUT2D eigenvalue weighted by atomic mass is 16.5. The zero-order chi connectivity index (χ0) is 14.5. The number of hydrogen-bond donors (Lipinski definition) is 2. The molecule has 2 rings (SSSR count). The molecule has 0 amide bonds. The molecule has 2 N–H and O–H groups in total. The first-order valence-electron chi connectivity index (χ1n) is 7.54. The molecule has 0 spiro atoms. The molecule has 1 atom stereocenters. The molecule has 1 heterocycles. The van der Waals surface area contributed by atoms with E-state index < -0.39 is 0 Å². The SMILES string of the molecule is CCCNc1nc(C2CC2)nc(NCC(C)OC)c1C. The fourth-order valence-electron chi connectivity index (χ4n) is 1.97. The van der Waals surface area contributed by atoms with E-state index in [4.69, 9.17) is 9.72 Å². The van der Waals surface area contributed by atoms with Gasteiger partial charge in [-0.05, 0) is 33.1 Å². The largest absolute Gasteiger partial charge is 0.380 e. The molecule has 0 radical (unpaired) electrons. The second kappa shape index (κ2) is 6.88. The molecule has 5 nitrogen and oxygen atoms in total. The monoisotopic (exact) mass is 278 g/mol. The maximum Gasteiger partial charge on any atom is 0.136 e. The van der Waals surface area contributed by atoms with E-state index in [0.717, 1.165) is 42.5 Å². The smallest absolute Gasteiger partial charge is 0.136 e. The molecule has 1 aliphatic rings. The predicted octanol–water partition coefficient (Wildman–Crippen LogP) is 2.93. The van der Waals surface area contributed by atoms with Gasteiger partial charge in [-0.3, -0.25) is 0 Å². The van der Waals surface area contributed by atoms with E-state index in [9.17, 15) is 0 Å². The molecule has 1 unspecified atom stereocenters. The molecule has 0 bridgehead atoms. The van der Waals surface area contributed by atoms with E-state index in [1.165, 1.54) is 12.8 Å². The van der Waals surface area contributed by atoms with E-state index in [0.29, 0.717) is 5.92 Å². The first kappa shape index (κ1) is 15.0. The zero-order valence-electron chi connectivity index (χ0n) is 13.0.